The van der Waals surface area contributed by atoms with Crippen molar-refractivity contribution >= 4 is 5.91 Å². The van der Waals surface area contributed by atoms with Gasteiger partial charge in [-0.15, -0.1) is 0 Å². The quantitative estimate of drug-likeness (QED) is 0.876. The van der Waals surface area contributed by atoms with Crippen LogP contribution >= 0.6 is 0 Å². The van der Waals surface area contributed by atoms with Crippen LogP contribution in [0.1, 0.15) is 35.2 Å². The van der Waals surface area contributed by atoms with E-state index < -0.39 is 0 Å². The van der Waals surface area contributed by atoms with E-state index in [2.05, 4.69) is 0 Å². The van der Waals surface area contributed by atoms with Gasteiger partial charge in [-0.2, -0.15) is 0 Å². The number of aromatic hydroxyl groups is 1. The van der Waals surface area contributed by atoms with Crippen LogP contribution in [0.25, 0.3) is 0 Å². The van der Waals surface area contributed by atoms with Crippen LogP contribution in [0.4, 0.5) is 0 Å². The molecule has 2 N–H and O–H groups in total. The lowest BCUT2D eigenvalue weighted by Gasteiger charge is -2.23. The number of aliphatic hydroxyl groups is 1. The van der Waals surface area contributed by atoms with Gasteiger partial charge in [0.25, 0.3) is 5.91 Å². The molecule has 2 unspecified atom stereocenters. The molecular weight excluding hydrogens is 242 g/mol. The fourth-order valence-electron chi connectivity index (χ4n) is 2.70. The smallest absolute Gasteiger partial charge is 0.257 e. The third-order valence-electron chi connectivity index (χ3n) is 3.94. The summed E-state index contributed by atoms with van der Waals surface area (Å²) in [6.45, 7) is 2.31. The van der Waals surface area contributed by atoms with Crippen LogP contribution in [0.15, 0.2) is 18.2 Å². The topological polar surface area (TPSA) is 60.8 Å². The first-order chi connectivity index (χ1) is 9.00. The van der Waals surface area contributed by atoms with Gasteiger partial charge >= 0.3 is 0 Å². The first-order valence-corrected chi connectivity index (χ1v) is 6.73. The van der Waals surface area contributed by atoms with E-state index in [4.69, 9.17) is 0 Å². The highest BCUT2D eigenvalue weighted by molar-refractivity contribution is 5.97. The Morgan fingerprint density at radius 2 is 2.16 bits per heavy atom. The summed E-state index contributed by atoms with van der Waals surface area (Å²) in [5, 5.41) is 19.7. The molecule has 0 heterocycles. The van der Waals surface area contributed by atoms with Crippen molar-refractivity contribution in [3.8, 4) is 5.75 Å². The molecule has 1 aromatic rings. The summed E-state index contributed by atoms with van der Waals surface area (Å²) < 4.78 is 0. The van der Waals surface area contributed by atoms with Gasteiger partial charge in [-0.1, -0.05) is 18.6 Å². The number of hydrogen-bond donors (Lipinski definition) is 2. The summed E-state index contributed by atoms with van der Waals surface area (Å²) in [5.74, 6) is 0.00697. The van der Waals surface area contributed by atoms with Crippen LogP contribution in [-0.2, 0) is 0 Å². The zero-order chi connectivity index (χ0) is 14.0. The third-order valence-corrected chi connectivity index (χ3v) is 3.94. The summed E-state index contributed by atoms with van der Waals surface area (Å²) in [6.07, 6.45) is 2.49. The fraction of sp³-hybridized carbons (Fsp3) is 0.533. The third kappa shape index (κ3) is 2.89. The summed E-state index contributed by atoms with van der Waals surface area (Å²) in [6, 6.07) is 5.17. The fourth-order valence-corrected chi connectivity index (χ4v) is 2.70. The van der Waals surface area contributed by atoms with Gasteiger partial charge in [0.05, 0.1) is 11.7 Å². The number of para-hydroxylation sites is 1. The molecule has 0 saturated heterocycles. The molecule has 19 heavy (non-hydrogen) atoms. The minimum absolute atomic E-state index is 0.0475. The van der Waals surface area contributed by atoms with Crippen molar-refractivity contribution in [1.29, 1.82) is 0 Å². The lowest BCUT2D eigenvalue weighted by atomic mass is 10.0. The Bertz CT molecular complexity index is 472. The number of rotatable bonds is 3. The van der Waals surface area contributed by atoms with Crippen molar-refractivity contribution in [2.45, 2.75) is 32.3 Å². The second kappa shape index (κ2) is 5.61. The first-order valence-electron chi connectivity index (χ1n) is 6.73. The predicted octanol–water partition coefficient (Wildman–Crippen LogP) is 1.93. The second-order valence-corrected chi connectivity index (χ2v) is 5.42. The highest BCUT2D eigenvalue weighted by atomic mass is 16.3. The number of aliphatic hydroxyl groups excluding tert-OH is 1. The van der Waals surface area contributed by atoms with E-state index in [9.17, 15) is 15.0 Å². The van der Waals surface area contributed by atoms with E-state index in [-0.39, 0.29) is 23.7 Å². The van der Waals surface area contributed by atoms with E-state index >= 15 is 0 Å². The molecule has 0 aromatic heterocycles. The lowest BCUT2D eigenvalue weighted by molar-refractivity contribution is 0.0691. The van der Waals surface area contributed by atoms with Crippen LogP contribution in [0, 0.1) is 12.8 Å². The molecule has 1 aliphatic rings. The van der Waals surface area contributed by atoms with E-state index in [1.807, 2.05) is 0 Å². The summed E-state index contributed by atoms with van der Waals surface area (Å²) in [7, 11) is 1.72. The van der Waals surface area contributed by atoms with Gasteiger partial charge in [-0.05, 0) is 31.4 Å². The van der Waals surface area contributed by atoms with E-state index in [1.165, 1.54) is 0 Å². The maximum atomic E-state index is 12.3. The van der Waals surface area contributed by atoms with Gasteiger partial charge in [0, 0.05) is 19.5 Å². The molecule has 2 atom stereocenters. The van der Waals surface area contributed by atoms with Gasteiger partial charge in [0.15, 0.2) is 0 Å². The number of nitrogens with zero attached hydrogens (tertiary/aromatic N) is 1. The van der Waals surface area contributed by atoms with E-state index in [0.717, 1.165) is 19.3 Å². The maximum absolute atomic E-state index is 12.3. The Morgan fingerprint density at radius 1 is 1.42 bits per heavy atom. The van der Waals surface area contributed by atoms with Crippen molar-refractivity contribution in [3.63, 3.8) is 0 Å². The number of phenols is 1. The Labute approximate surface area is 113 Å². The molecule has 1 aromatic carbocycles. The zero-order valence-electron chi connectivity index (χ0n) is 11.5. The molecular formula is C15H21NO3. The van der Waals surface area contributed by atoms with Crippen LogP contribution in [0.5, 0.6) is 5.75 Å². The van der Waals surface area contributed by atoms with Crippen LogP contribution < -0.4 is 0 Å². The molecule has 0 bridgehead atoms. The van der Waals surface area contributed by atoms with Crippen LogP contribution in [-0.4, -0.2) is 40.7 Å². The van der Waals surface area contributed by atoms with Crippen LogP contribution in [0.2, 0.25) is 0 Å². The van der Waals surface area contributed by atoms with Crippen LogP contribution in [0.3, 0.4) is 0 Å². The molecule has 1 amide bonds. The largest absolute Gasteiger partial charge is 0.507 e. The van der Waals surface area contributed by atoms with Crippen molar-refractivity contribution in [1.82, 2.24) is 4.90 Å². The van der Waals surface area contributed by atoms with Crippen molar-refractivity contribution < 1.29 is 15.0 Å². The standard InChI is InChI=1S/C15H21NO3/c1-10-5-3-7-12(14(10)18)15(19)16(2)9-11-6-4-8-13(11)17/h3,5,7,11,13,17-18H,4,6,8-9H2,1-2H3. The number of hydrogen-bond acceptors (Lipinski definition) is 3. The lowest BCUT2D eigenvalue weighted by Crippen LogP contribution is -2.34. The second-order valence-electron chi connectivity index (χ2n) is 5.42. The molecule has 0 aliphatic heterocycles. The Hall–Kier alpha value is -1.55. The number of benzene rings is 1. The minimum Gasteiger partial charge on any atom is -0.507 e. The number of carbonyl (C=O) groups is 1. The van der Waals surface area contributed by atoms with Crippen molar-refractivity contribution in [3.05, 3.63) is 29.3 Å². The molecule has 1 fully saturated rings. The monoisotopic (exact) mass is 263 g/mol. The Morgan fingerprint density at radius 3 is 2.79 bits per heavy atom. The van der Waals surface area contributed by atoms with Gasteiger partial charge in [-0.25, -0.2) is 0 Å². The van der Waals surface area contributed by atoms with Crippen molar-refractivity contribution in [2.75, 3.05) is 13.6 Å². The number of aryl methyl sites for hydroxylation is 1. The molecule has 1 saturated carbocycles. The molecule has 0 radical (unpaired) electrons. The highest BCUT2D eigenvalue weighted by Crippen LogP contribution is 2.27. The highest BCUT2D eigenvalue weighted by Gasteiger charge is 2.28. The average molecular weight is 263 g/mol. The summed E-state index contributed by atoms with van der Waals surface area (Å²) >= 11 is 0. The minimum atomic E-state index is -0.304. The van der Waals surface area contributed by atoms with Gasteiger partial charge in [0.1, 0.15) is 5.75 Å². The summed E-state index contributed by atoms with van der Waals surface area (Å²) in [4.78, 5) is 13.9. The van der Waals surface area contributed by atoms with E-state index in [0.29, 0.717) is 17.7 Å². The number of carbonyl (C=O) groups excluding carboxylic acids is 1. The predicted molar refractivity (Wildman–Crippen MR) is 73.2 cm³/mol. The van der Waals surface area contributed by atoms with Gasteiger partial charge in [-0.3, -0.25) is 4.79 Å². The maximum Gasteiger partial charge on any atom is 0.257 e. The van der Waals surface area contributed by atoms with Crippen molar-refractivity contribution in [2.24, 2.45) is 5.92 Å². The van der Waals surface area contributed by atoms with Gasteiger partial charge < -0.3 is 15.1 Å². The number of amides is 1. The Balaban J connectivity index is 2.08. The molecule has 4 heteroatoms. The Kier molecular flexibility index (Phi) is 4.10. The van der Waals surface area contributed by atoms with E-state index in [1.54, 1.807) is 37.1 Å². The molecule has 2 rings (SSSR count). The average Bonchev–Trinajstić information content (AvgIpc) is 2.77. The SMILES string of the molecule is Cc1cccc(C(=O)N(C)CC2CCCC2O)c1O. The molecule has 1 aliphatic carbocycles. The number of phenolic OH excluding ortho intramolecular Hbond substituents is 1. The normalized spacial score (nSPS) is 22.5. The first kappa shape index (κ1) is 13.9. The molecule has 0 spiro atoms. The summed E-state index contributed by atoms with van der Waals surface area (Å²) in [5.41, 5.74) is 1.02. The molecule has 104 valence electrons. The molecule has 4 nitrogen and oxygen atoms in total. The zero-order valence-corrected chi connectivity index (χ0v) is 11.5. The van der Waals surface area contributed by atoms with Gasteiger partial charge in [0.2, 0.25) is 0 Å².